The van der Waals surface area contributed by atoms with Gasteiger partial charge in [-0.1, -0.05) is 27.7 Å². The van der Waals surface area contributed by atoms with E-state index < -0.39 is 5.54 Å². The fraction of sp³-hybridized carbons (Fsp3) is 0.875. The Morgan fingerprint density at radius 2 is 1.90 bits per heavy atom. The summed E-state index contributed by atoms with van der Waals surface area (Å²) in [7, 11) is 1.71. The number of methoxy groups -OCH3 is 1. The Hall–Kier alpha value is -1.10. The lowest BCUT2D eigenvalue weighted by Crippen LogP contribution is -2.75. The number of carbonyl (C=O) groups is 2. The second-order valence-corrected chi connectivity index (χ2v) is 7.11. The lowest BCUT2D eigenvalue weighted by Gasteiger charge is -2.59. The van der Waals surface area contributed by atoms with Crippen molar-refractivity contribution in [1.82, 2.24) is 10.2 Å². The molecule has 21 heavy (non-hydrogen) atoms. The van der Waals surface area contributed by atoms with Crippen LogP contribution in [0, 0.1) is 5.41 Å². The molecule has 5 heteroatoms. The highest BCUT2D eigenvalue weighted by Crippen LogP contribution is 2.47. The number of carbonyl (C=O) groups excluding carboxylic acids is 2. The largest absolute Gasteiger partial charge is 0.381 e. The van der Waals surface area contributed by atoms with E-state index in [9.17, 15) is 9.59 Å². The first-order chi connectivity index (χ1) is 9.72. The van der Waals surface area contributed by atoms with Gasteiger partial charge in [0.05, 0.1) is 6.10 Å². The molecule has 1 N–H and O–H groups in total. The van der Waals surface area contributed by atoms with Crippen LogP contribution in [0.1, 0.15) is 53.9 Å². The lowest BCUT2D eigenvalue weighted by atomic mass is 9.62. The molecule has 2 amide bonds. The zero-order chi connectivity index (χ0) is 16.0. The van der Waals surface area contributed by atoms with E-state index in [-0.39, 0.29) is 35.4 Å². The third-order valence-electron chi connectivity index (χ3n) is 5.58. The molecule has 1 saturated carbocycles. The van der Waals surface area contributed by atoms with E-state index in [0.717, 1.165) is 6.42 Å². The van der Waals surface area contributed by atoms with Crippen molar-refractivity contribution < 1.29 is 14.3 Å². The summed E-state index contributed by atoms with van der Waals surface area (Å²) in [6, 6.07) is -0.295. The van der Waals surface area contributed by atoms with E-state index in [4.69, 9.17) is 4.74 Å². The minimum Gasteiger partial charge on any atom is -0.381 e. The molecule has 0 aromatic rings. The van der Waals surface area contributed by atoms with E-state index in [1.54, 1.807) is 7.11 Å². The van der Waals surface area contributed by atoms with E-state index in [0.29, 0.717) is 12.8 Å². The average Bonchev–Trinajstić information content (AvgIpc) is 2.43. The number of amides is 2. The summed E-state index contributed by atoms with van der Waals surface area (Å²) in [4.78, 5) is 27.3. The molecular formula is C16H28N2O3. The molecule has 2 aliphatic rings. The molecule has 2 fully saturated rings. The third-order valence-corrected chi connectivity index (χ3v) is 5.58. The Balaban J connectivity index is 2.34. The number of hydrogen-bond donors (Lipinski definition) is 1. The van der Waals surface area contributed by atoms with Gasteiger partial charge < -0.3 is 15.0 Å². The van der Waals surface area contributed by atoms with Crippen LogP contribution in [0.5, 0.6) is 0 Å². The molecule has 2 rings (SSSR count). The minimum atomic E-state index is -0.781. The Labute approximate surface area is 127 Å². The predicted molar refractivity (Wildman–Crippen MR) is 80.7 cm³/mol. The van der Waals surface area contributed by atoms with Crippen LogP contribution >= 0.6 is 0 Å². The van der Waals surface area contributed by atoms with Crippen molar-refractivity contribution in [2.75, 3.05) is 7.11 Å². The Morgan fingerprint density at radius 3 is 2.33 bits per heavy atom. The highest BCUT2D eigenvalue weighted by molar-refractivity contribution is 5.99. The van der Waals surface area contributed by atoms with Crippen molar-refractivity contribution in [3.05, 3.63) is 0 Å². The summed E-state index contributed by atoms with van der Waals surface area (Å²) in [5.74, 6) is 0.0159. The molecule has 0 bridgehead atoms. The number of nitrogens with zero attached hydrogens (tertiary/aromatic N) is 1. The summed E-state index contributed by atoms with van der Waals surface area (Å²) in [5, 5.41) is 2.92. The molecule has 5 nitrogen and oxygen atoms in total. The van der Waals surface area contributed by atoms with Crippen LogP contribution in [0.25, 0.3) is 0 Å². The SMILES string of the molecule is CCC1C(=O)NC(C)(CC)C(=O)N1C1CC(OC)C1(C)C. The van der Waals surface area contributed by atoms with Crippen molar-refractivity contribution >= 4 is 11.8 Å². The molecular weight excluding hydrogens is 268 g/mol. The van der Waals surface area contributed by atoms with Crippen LogP contribution in [0.15, 0.2) is 0 Å². The minimum absolute atomic E-state index is 0.0295. The van der Waals surface area contributed by atoms with Crippen molar-refractivity contribution in [2.24, 2.45) is 5.41 Å². The molecule has 4 atom stereocenters. The summed E-state index contributed by atoms with van der Waals surface area (Å²) in [6.45, 7) is 9.95. The quantitative estimate of drug-likeness (QED) is 0.859. The fourth-order valence-corrected chi connectivity index (χ4v) is 3.68. The first-order valence-electron chi connectivity index (χ1n) is 7.90. The summed E-state index contributed by atoms with van der Waals surface area (Å²) in [5.41, 5.74) is -0.902. The van der Waals surface area contributed by atoms with Crippen LogP contribution in [-0.2, 0) is 14.3 Å². The number of ether oxygens (including phenoxy) is 1. The van der Waals surface area contributed by atoms with Crippen LogP contribution in [0.2, 0.25) is 0 Å². The van der Waals surface area contributed by atoms with Crippen molar-refractivity contribution in [2.45, 2.75) is 77.6 Å². The number of piperazine rings is 1. The van der Waals surface area contributed by atoms with E-state index in [1.807, 2.05) is 25.7 Å². The van der Waals surface area contributed by atoms with E-state index in [2.05, 4.69) is 19.2 Å². The molecule has 120 valence electrons. The predicted octanol–water partition coefficient (Wildman–Crippen LogP) is 1.71. The van der Waals surface area contributed by atoms with Crippen molar-refractivity contribution in [3.63, 3.8) is 0 Å². The Bertz CT molecular complexity index is 449. The molecule has 4 unspecified atom stereocenters. The zero-order valence-electron chi connectivity index (χ0n) is 14.0. The topological polar surface area (TPSA) is 58.6 Å². The maximum atomic E-state index is 13.0. The fourth-order valence-electron chi connectivity index (χ4n) is 3.68. The monoisotopic (exact) mass is 296 g/mol. The second kappa shape index (κ2) is 5.27. The first kappa shape index (κ1) is 16.3. The molecule has 0 aromatic heterocycles. The molecule has 0 aromatic carbocycles. The van der Waals surface area contributed by atoms with Gasteiger partial charge in [-0.15, -0.1) is 0 Å². The van der Waals surface area contributed by atoms with E-state index >= 15 is 0 Å². The number of rotatable bonds is 4. The van der Waals surface area contributed by atoms with Gasteiger partial charge >= 0.3 is 0 Å². The molecule has 1 aliphatic carbocycles. The first-order valence-corrected chi connectivity index (χ1v) is 7.90. The smallest absolute Gasteiger partial charge is 0.248 e. The van der Waals surface area contributed by atoms with E-state index in [1.165, 1.54) is 0 Å². The maximum absolute atomic E-state index is 13.0. The summed E-state index contributed by atoms with van der Waals surface area (Å²) >= 11 is 0. The van der Waals surface area contributed by atoms with Crippen LogP contribution in [0.3, 0.4) is 0 Å². The second-order valence-electron chi connectivity index (χ2n) is 7.11. The molecule has 0 radical (unpaired) electrons. The zero-order valence-corrected chi connectivity index (χ0v) is 14.0. The summed E-state index contributed by atoms with van der Waals surface area (Å²) < 4.78 is 5.49. The Kier molecular flexibility index (Phi) is 4.08. The van der Waals surface area contributed by atoms with Gasteiger partial charge in [0.1, 0.15) is 11.6 Å². The molecule has 1 saturated heterocycles. The highest BCUT2D eigenvalue weighted by Gasteiger charge is 2.58. The molecule has 1 aliphatic heterocycles. The van der Waals surface area contributed by atoms with Gasteiger partial charge in [-0.2, -0.15) is 0 Å². The van der Waals surface area contributed by atoms with Gasteiger partial charge in [-0.05, 0) is 26.2 Å². The van der Waals surface area contributed by atoms with Gasteiger partial charge in [-0.3, -0.25) is 9.59 Å². The van der Waals surface area contributed by atoms with Crippen LogP contribution < -0.4 is 5.32 Å². The van der Waals surface area contributed by atoms with Gasteiger partial charge in [-0.25, -0.2) is 0 Å². The standard InChI is InChI=1S/C16H28N2O3/c1-7-10-13(19)17-16(5,8-2)14(20)18(10)11-9-12(21-6)15(11,3)4/h10-12H,7-9H2,1-6H3,(H,17,19). The van der Waals surface area contributed by atoms with Crippen molar-refractivity contribution in [3.8, 4) is 0 Å². The number of hydrogen-bond acceptors (Lipinski definition) is 3. The van der Waals surface area contributed by atoms with Crippen LogP contribution in [-0.4, -0.2) is 47.6 Å². The molecule has 1 heterocycles. The molecule has 0 spiro atoms. The average molecular weight is 296 g/mol. The maximum Gasteiger partial charge on any atom is 0.248 e. The summed E-state index contributed by atoms with van der Waals surface area (Å²) in [6.07, 6.45) is 2.19. The Morgan fingerprint density at radius 1 is 1.29 bits per heavy atom. The van der Waals surface area contributed by atoms with Crippen LogP contribution in [0.4, 0.5) is 0 Å². The highest BCUT2D eigenvalue weighted by atomic mass is 16.5. The third kappa shape index (κ3) is 2.26. The lowest BCUT2D eigenvalue weighted by molar-refractivity contribution is -0.183. The van der Waals surface area contributed by atoms with Crippen molar-refractivity contribution in [1.29, 1.82) is 0 Å². The number of nitrogens with one attached hydrogen (secondary N) is 1. The van der Waals surface area contributed by atoms with Gasteiger partial charge in [0.25, 0.3) is 0 Å². The van der Waals surface area contributed by atoms with Gasteiger partial charge in [0, 0.05) is 18.6 Å². The van der Waals surface area contributed by atoms with Gasteiger partial charge in [0.2, 0.25) is 11.8 Å². The normalized spacial score (nSPS) is 39.0. The van der Waals surface area contributed by atoms with Gasteiger partial charge in [0.15, 0.2) is 0 Å².